The van der Waals surface area contributed by atoms with Crippen molar-refractivity contribution in [3.8, 4) is 5.75 Å². The summed E-state index contributed by atoms with van der Waals surface area (Å²) in [6.07, 6.45) is 4.78. The predicted molar refractivity (Wildman–Crippen MR) is 147 cm³/mol. The molecule has 9 nitrogen and oxygen atoms in total. The van der Waals surface area contributed by atoms with Crippen molar-refractivity contribution in [2.75, 3.05) is 5.32 Å². The van der Waals surface area contributed by atoms with Crippen molar-refractivity contribution >= 4 is 35.3 Å². The molecule has 40 heavy (non-hydrogen) atoms. The van der Waals surface area contributed by atoms with Gasteiger partial charge in [0.15, 0.2) is 0 Å². The van der Waals surface area contributed by atoms with E-state index in [1.54, 1.807) is 54.6 Å². The van der Waals surface area contributed by atoms with Crippen molar-refractivity contribution in [1.29, 1.82) is 0 Å². The maximum Gasteiger partial charge on any atom is 0.308 e. The fourth-order valence-corrected chi connectivity index (χ4v) is 5.13. The molecule has 0 saturated heterocycles. The van der Waals surface area contributed by atoms with Gasteiger partial charge in [-0.2, -0.15) is 0 Å². The fourth-order valence-electron chi connectivity index (χ4n) is 5.13. The molecule has 0 spiro atoms. The Balaban J connectivity index is 1.18. The van der Waals surface area contributed by atoms with Gasteiger partial charge in [-0.25, -0.2) is 0 Å². The lowest BCUT2D eigenvalue weighted by molar-refractivity contribution is -0.131. The third-order valence-electron chi connectivity index (χ3n) is 7.14. The fraction of sp³-hybridized carbons (Fsp3) is 0.258. The molecule has 0 unspecified atom stereocenters. The van der Waals surface area contributed by atoms with Crippen LogP contribution >= 0.6 is 0 Å². The number of ether oxygens (including phenoxy) is 1. The van der Waals surface area contributed by atoms with E-state index in [0.29, 0.717) is 22.4 Å². The molecule has 0 radical (unpaired) electrons. The number of imide groups is 1. The molecule has 4 amide bonds. The van der Waals surface area contributed by atoms with E-state index in [1.165, 1.54) is 24.0 Å². The van der Waals surface area contributed by atoms with Gasteiger partial charge in [0.25, 0.3) is 23.6 Å². The number of benzene rings is 3. The maximum absolute atomic E-state index is 13.0. The second-order valence-electron chi connectivity index (χ2n) is 9.99. The first kappa shape index (κ1) is 26.8. The molecule has 1 aliphatic carbocycles. The topological polar surface area (TPSA) is 122 Å². The Morgan fingerprint density at radius 1 is 0.825 bits per heavy atom. The molecule has 0 atom stereocenters. The highest BCUT2D eigenvalue weighted by atomic mass is 16.5. The van der Waals surface area contributed by atoms with Gasteiger partial charge in [-0.3, -0.25) is 28.9 Å². The first-order valence-corrected chi connectivity index (χ1v) is 13.3. The standard InChI is InChI=1S/C31H29N3O6/c1-19(35)40-25-9-5-6-21(16-25)29(37)33-23-13-10-20(11-14-23)18-32-28(36)22-12-15-26-27(17-22)31(39)34(30(26)38)24-7-3-2-4-8-24/h5-6,9-17,24H,2-4,7-8,18H2,1H3,(H,32,36)(H,33,37). The van der Waals surface area contributed by atoms with Gasteiger partial charge < -0.3 is 15.4 Å². The van der Waals surface area contributed by atoms with Crippen LogP contribution in [0.1, 0.15) is 86.0 Å². The van der Waals surface area contributed by atoms with Gasteiger partial charge in [-0.05, 0) is 66.9 Å². The zero-order valence-electron chi connectivity index (χ0n) is 22.1. The van der Waals surface area contributed by atoms with E-state index < -0.39 is 5.97 Å². The zero-order chi connectivity index (χ0) is 28.2. The molecule has 204 valence electrons. The number of fused-ring (bicyclic) bond motifs is 1. The number of anilines is 1. The summed E-state index contributed by atoms with van der Waals surface area (Å²) in [5.41, 5.74) is 2.64. The van der Waals surface area contributed by atoms with Crippen LogP contribution in [0.5, 0.6) is 5.75 Å². The Bertz CT molecular complexity index is 1490. The molecule has 1 fully saturated rings. The molecule has 3 aromatic rings. The van der Waals surface area contributed by atoms with E-state index in [2.05, 4.69) is 10.6 Å². The number of hydrogen-bond donors (Lipinski definition) is 2. The smallest absolute Gasteiger partial charge is 0.308 e. The Labute approximate surface area is 231 Å². The number of esters is 1. The first-order valence-electron chi connectivity index (χ1n) is 13.3. The normalized spacial score (nSPS) is 15.0. The minimum Gasteiger partial charge on any atom is -0.427 e. The molecule has 1 aliphatic heterocycles. The number of nitrogens with one attached hydrogen (secondary N) is 2. The van der Waals surface area contributed by atoms with Gasteiger partial charge in [-0.1, -0.05) is 37.5 Å². The average molecular weight is 540 g/mol. The van der Waals surface area contributed by atoms with Gasteiger partial charge >= 0.3 is 5.97 Å². The van der Waals surface area contributed by atoms with Crippen LogP contribution in [-0.2, 0) is 11.3 Å². The van der Waals surface area contributed by atoms with Crippen molar-refractivity contribution in [3.63, 3.8) is 0 Å². The highest BCUT2D eigenvalue weighted by Gasteiger charge is 2.40. The summed E-state index contributed by atoms with van der Waals surface area (Å²) in [7, 11) is 0. The number of hydrogen-bond acceptors (Lipinski definition) is 6. The Hall–Kier alpha value is -4.79. The zero-order valence-corrected chi connectivity index (χ0v) is 22.1. The highest BCUT2D eigenvalue weighted by Crippen LogP contribution is 2.31. The van der Waals surface area contributed by atoms with E-state index >= 15 is 0 Å². The average Bonchev–Trinajstić information content (AvgIpc) is 3.21. The van der Waals surface area contributed by atoms with Gasteiger partial charge in [0, 0.05) is 36.3 Å². The van der Waals surface area contributed by atoms with E-state index in [9.17, 15) is 24.0 Å². The quantitative estimate of drug-likeness (QED) is 0.255. The van der Waals surface area contributed by atoms with E-state index in [1.807, 2.05) is 0 Å². The van der Waals surface area contributed by atoms with E-state index in [-0.39, 0.29) is 47.5 Å². The van der Waals surface area contributed by atoms with Crippen LogP contribution in [0.15, 0.2) is 66.7 Å². The van der Waals surface area contributed by atoms with Crippen LogP contribution in [0.2, 0.25) is 0 Å². The van der Waals surface area contributed by atoms with Gasteiger partial charge in [0.1, 0.15) is 5.75 Å². The van der Waals surface area contributed by atoms with Crippen LogP contribution in [0.3, 0.4) is 0 Å². The summed E-state index contributed by atoms with van der Waals surface area (Å²) >= 11 is 0. The first-order chi connectivity index (χ1) is 19.3. The molecule has 1 heterocycles. The van der Waals surface area contributed by atoms with Crippen LogP contribution in [0.25, 0.3) is 0 Å². The molecule has 9 heteroatoms. The maximum atomic E-state index is 13.0. The summed E-state index contributed by atoms with van der Waals surface area (Å²) in [6, 6.07) is 17.9. The summed E-state index contributed by atoms with van der Waals surface area (Å²) in [5.74, 6) is -1.50. The van der Waals surface area contributed by atoms with Gasteiger partial charge in [0.2, 0.25) is 0 Å². The molecular weight excluding hydrogens is 510 g/mol. The largest absolute Gasteiger partial charge is 0.427 e. The summed E-state index contributed by atoms with van der Waals surface area (Å²) in [4.78, 5) is 63.9. The molecule has 0 aromatic heterocycles. The summed E-state index contributed by atoms with van der Waals surface area (Å²) in [6.45, 7) is 1.52. The Morgan fingerprint density at radius 2 is 1.52 bits per heavy atom. The van der Waals surface area contributed by atoms with Gasteiger partial charge in [-0.15, -0.1) is 0 Å². The molecule has 1 saturated carbocycles. The van der Waals surface area contributed by atoms with Crippen molar-refractivity contribution in [2.45, 2.75) is 51.6 Å². The lowest BCUT2D eigenvalue weighted by Gasteiger charge is -2.29. The van der Waals surface area contributed by atoms with E-state index in [4.69, 9.17) is 4.74 Å². The van der Waals surface area contributed by atoms with Gasteiger partial charge in [0.05, 0.1) is 11.1 Å². The Kier molecular flexibility index (Phi) is 7.72. The minimum absolute atomic E-state index is 0.0721. The molecule has 5 rings (SSSR count). The van der Waals surface area contributed by atoms with Crippen molar-refractivity contribution < 1.29 is 28.7 Å². The SMILES string of the molecule is CC(=O)Oc1cccc(C(=O)Nc2ccc(CNC(=O)c3ccc4c(c3)C(=O)N(C3CCCCC3)C4=O)cc2)c1. The second-order valence-corrected chi connectivity index (χ2v) is 9.99. The molecule has 2 aliphatic rings. The highest BCUT2D eigenvalue weighted by molar-refractivity contribution is 6.22. The minimum atomic E-state index is -0.471. The number of amides is 4. The van der Waals surface area contributed by atoms with Crippen LogP contribution in [0.4, 0.5) is 5.69 Å². The van der Waals surface area contributed by atoms with Crippen molar-refractivity contribution in [2.24, 2.45) is 0 Å². The number of nitrogens with zero attached hydrogens (tertiary/aromatic N) is 1. The summed E-state index contributed by atoms with van der Waals surface area (Å²) in [5, 5.41) is 5.62. The van der Waals surface area contributed by atoms with E-state index in [0.717, 1.165) is 37.7 Å². The van der Waals surface area contributed by atoms with Crippen LogP contribution in [-0.4, -0.2) is 40.5 Å². The van der Waals surface area contributed by atoms with Crippen LogP contribution < -0.4 is 15.4 Å². The third kappa shape index (κ3) is 5.78. The number of carbonyl (C=O) groups is 5. The lowest BCUT2D eigenvalue weighted by Crippen LogP contribution is -2.40. The Morgan fingerprint density at radius 3 is 2.25 bits per heavy atom. The number of carbonyl (C=O) groups excluding carboxylic acids is 5. The lowest BCUT2D eigenvalue weighted by atomic mass is 9.94. The molecule has 2 N–H and O–H groups in total. The molecule has 0 bridgehead atoms. The van der Waals surface area contributed by atoms with Crippen LogP contribution in [0, 0.1) is 0 Å². The van der Waals surface area contributed by atoms with Crippen molar-refractivity contribution in [1.82, 2.24) is 10.2 Å². The van der Waals surface area contributed by atoms with Crippen molar-refractivity contribution in [3.05, 3.63) is 94.5 Å². The predicted octanol–water partition coefficient (Wildman–Crippen LogP) is 4.72. The molecule has 3 aromatic carbocycles. The third-order valence-corrected chi connectivity index (χ3v) is 7.14. The summed E-state index contributed by atoms with van der Waals surface area (Å²) < 4.78 is 5.02. The number of rotatable bonds is 7. The molecular formula is C31H29N3O6. The monoisotopic (exact) mass is 539 g/mol. The second kappa shape index (κ2) is 11.5.